The molecular formula is C11H7N3O2. The number of urea groups is 1. The number of nitriles is 1. The molecule has 1 heterocycles. The van der Waals surface area contributed by atoms with E-state index in [1.807, 2.05) is 6.07 Å². The van der Waals surface area contributed by atoms with Crippen molar-refractivity contribution in [2.24, 2.45) is 0 Å². The van der Waals surface area contributed by atoms with Crippen LogP contribution < -0.4 is 10.6 Å². The Kier molecular flexibility index (Phi) is 2.40. The van der Waals surface area contributed by atoms with Crippen LogP contribution in [0.25, 0.3) is 6.08 Å². The molecule has 2 rings (SSSR count). The molecule has 0 bridgehead atoms. The third-order valence-corrected chi connectivity index (χ3v) is 2.07. The summed E-state index contributed by atoms with van der Waals surface area (Å²) in [7, 11) is 0. The molecule has 0 radical (unpaired) electrons. The predicted octanol–water partition coefficient (Wildman–Crippen LogP) is 0.739. The van der Waals surface area contributed by atoms with Gasteiger partial charge in [0, 0.05) is 0 Å². The Morgan fingerprint density at radius 2 is 1.81 bits per heavy atom. The molecule has 16 heavy (non-hydrogen) atoms. The zero-order valence-corrected chi connectivity index (χ0v) is 8.15. The predicted molar refractivity (Wildman–Crippen MR) is 55.8 cm³/mol. The molecule has 1 aromatic carbocycles. The summed E-state index contributed by atoms with van der Waals surface area (Å²) in [6.07, 6.45) is 1.54. The van der Waals surface area contributed by atoms with Gasteiger partial charge in [-0.05, 0) is 23.8 Å². The lowest BCUT2D eigenvalue weighted by Crippen LogP contribution is -2.22. The molecule has 0 spiro atoms. The summed E-state index contributed by atoms with van der Waals surface area (Å²) < 4.78 is 0. The van der Waals surface area contributed by atoms with Crippen molar-refractivity contribution in [1.82, 2.24) is 10.6 Å². The minimum absolute atomic E-state index is 0.203. The number of nitrogens with zero attached hydrogens (tertiary/aromatic N) is 1. The highest BCUT2D eigenvalue weighted by molar-refractivity contribution is 6.13. The average molecular weight is 213 g/mol. The molecule has 1 saturated heterocycles. The Morgan fingerprint density at radius 3 is 2.31 bits per heavy atom. The molecule has 5 nitrogen and oxygen atoms in total. The molecule has 0 saturated carbocycles. The van der Waals surface area contributed by atoms with Crippen molar-refractivity contribution in [3.63, 3.8) is 0 Å². The van der Waals surface area contributed by atoms with Crippen LogP contribution in [0.1, 0.15) is 11.1 Å². The van der Waals surface area contributed by atoms with E-state index in [9.17, 15) is 9.59 Å². The van der Waals surface area contributed by atoms with E-state index in [1.54, 1.807) is 30.3 Å². The Bertz CT molecular complexity index is 523. The van der Waals surface area contributed by atoms with Gasteiger partial charge in [0.05, 0.1) is 11.6 Å². The van der Waals surface area contributed by atoms with Crippen LogP contribution in [0.3, 0.4) is 0 Å². The molecule has 0 aliphatic carbocycles. The van der Waals surface area contributed by atoms with E-state index in [1.165, 1.54) is 0 Å². The summed E-state index contributed by atoms with van der Waals surface area (Å²) in [5.41, 5.74) is 1.49. The van der Waals surface area contributed by atoms with E-state index in [2.05, 4.69) is 10.6 Å². The zero-order chi connectivity index (χ0) is 11.5. The van der Waals surface area contributed by atoms with Gasteiger partial charge < -0.3 is 5.32 Å². The fourth-order valence-corrected chi connectivity index (χ4v) is 1.30. The van der Waals surface area contributed by atoms with Crippen LogP contribution in [0.4, 0.5) is 4.79 Å². The van der Waals surface area contributed by atoms with Crippen molar-refractivity contribution in [2.75, 3.05) is 0 Å². The summed E-state index contributed by atoms with van der Waals surface area (Å²) in [6.45, 7) is 0. The van der Waals surface area contributed by atoms with Crippen molar-refractivity contribution < 1.29 is 9.59 Å². The number of benzene rings is 1. The zero-order valence-electron chi connectivity index (χ0n) is 8.15. The Hall–Kier alpha value is -2.61. The standard InChI is InChI=1S/C11H7N3O2/c12-6-8-3-1-7(2-4-8)5-9-10(15)14-11(16)13-9/h1-5H,(H2,13,14,15,16)/b9-5-. The second-order valence-electron chi connectivity index (χ2n) is 3.20. The van der Waals surface area contributed by atoms with E-state index in [-0.39, 0.29) is 5.70 Å². The van der Waals surface area contributed by atoms with Crippen LogP contribution in [-0.4, -0.2) is 11.9 Å². The van der Waals surface area contributed by atoms with E-state index in [4.69, 9.17) is 5.26 Å². The van der Waals surface area contributed by atoms with Crippen LogP contribution in [0.2, 0.25) is 0 Å². The molecule has 1 aromatic rings. The summed E-state index contributed by atoms with van der Waals surface area (Å²) in [6, 6.07) is 8.15. The molecule has 0 atom stereocenters. The van der Waals surface area contributed by atoms with E-state index >= 15 is 0 Å². The maximum absolute atomic E-state index is 11.2. The lowest BCUT2D eigenvalue weighted by Gasteiger charge is -1.95. The molecule has 1 aliphatic rings. The number of hydrogen-bond donors (Lipinski definition) is 2. The minimum atomic E-state index is -0.523. The fraction of sp³-hybridized carbons (Fsp3) is 0. The van der Waals surface area contributed by atoms with E-state index in [0.717, 1.165) is 5.56 Å². The monoisotopic (exact) mass is 213 g/mol. The number of rotatable bonds is 1. The van der Waals surface area contributed by atoms with Gasteiger partial charge >= 0.3 is 6.03 Å². The second-order valence-corrected chi connectivity index (χ2v) is 3.20. The summed E-state index contributed by atoms with van der Waals surface area (Å²) in [5, 5.41) is 13.1. The third kappa shape index (κ3) is 1.91. The first kappa shape index (κ1) is 9.93. The smallest absolute Gasteiger partial charge is 0.303 e. The molecule has 78 valence electrons. The number of carbonyl (C=O) groups excluding carboxylic acids is 2. The van der Waals surface area contributed by atoms with Crippen molar-refractivity contribution in [3.05, 3.63) is 41.1 Å². The molecule has 1 aliphatic heterocycles. The lowest BCUT2D eigenvalue weighted by molar-refractivity contribution is -0.115. The van der Waals surface area contributed by atoms with Gasteiger partial charge in [0.2, 0.25) is 0 Å². The first-order valence-corrected chi connectivity index (χ1v) is 4.53. The topological polar surface area (TPSA) is 82.0 Å². The molecule has 1 fully saturated rings. The highest BCUT2D eigenvalue weighted by Gasteiger charge is 2.22. The average Bonchev–Trinajstić information content (AvgIpc) is 2.59. The van der Waals surface area contributed by atoms with Gasteiger partial charge in [-0.25, -0.2) is 4.79 Å². The van der Waals surface area contributed by atoms with Gasteiger partial charge in [-0.2, -0.15) is 5.26 Å². The first-order valence-electron chi connectivity index (χ1n) is 4.53. The summed E-state index contributed by atoms with van der Waals surface area (Å²) >= 11 is 0. The van der Waals surface area contributed by atoms with Gasteiger partial charge in [0.1, 0.15) is 5.70 Å². The van der Waals surface area contributed by atoms with Gasteiger partial charge in [0.15, 0.2) is 0 Å². The Balaban J connectivity index is 2.26. The van der Waals surface area contributed by atoms with E-state index < -0.39 is 11.9 Å². The lowest BCUT2D eigenvalue weighted by atomic mass is 10.1. The molecule has 5 heteroatoms. The van der Waals surface area contributed by atoms with Crippen LogP contribution >= 0.6 is 0 Å². The van der Waals surface area contributed by atoms with Gasteiger partial charge in [0.25, 0.3) is 5.91 Å². The second kappa shape index (κ2) is 3.87. The molecule has 0 unspecified atom stereocenters. The van der Waals surface area contributed by atoms with Crippen LogP contribution in [0, 0.1) is 11.3 Å². The third-order valence-electron chi connectivity index (χ3n) is 2.07. The van der Waals surface area contributed by atoms with Crippen molar-refractivity contribution in [1.29, 1.82) is 5.26 Å². The molecular weight excluding hydrogens is 206 g/mol. The minimum Gasteiger partial charge on any atom is -0.303 e. The molecule has 3 amide bonds. The Labute approximate surface area is 91.4 Å². The number of imide groups is 1. The number of amides is 3. The molecule has 0 aromatic heterocycles. The van der Waals surface area contributed by atoms with Gasteiger partial charge in [-0.3, -0.25) is 10.1 Å². The maximum Gasteiger partial charge on any atom is 0.326 e. The number of hydrogen-bond acceptors (Lipinski definition) is 3. The van der Waals surface area contributed by atoms with Crippen molar-refractivity contribution in [2.45, 2.75) is 0 Å². The molecule has 2 N–H and O–H groups in total. The van der Waals surface area contributed by atoms with E-state index in [0.29, 0.717) is 5.56 Å². The van der Waals surface area contributed by atoms with Crippen LogP contribution in [0.15, 0.2) is 30.0 Å². The Morgan fingerprint density at radius 1 is 1.12 bits per heavy atom. The normalized spacial score (nSPS) is 16.8. The number of carbonyl (C=O) groups is 2. The SMILES string of the molecule is N#Cc1ccc(/C=C2\NC(=O)NC2=O)cc1. The highest BCUT2D eigenvalue weighted by atomic mass is 16.2. The first-order chi connectivity index (χ1) is 7.69. The van der Waals surface area contributed by atoms with Crippen LogP contribution in [0.5, 0.6) is 0 Å². The highest BCUT2D eigenvalue weighted by Crippen LogP contribution is 2.09. The maximum atomic E-state index is 11.2. The summed E-state index contributed by atoms with van der Waals surface area (Å²) in [5.74, 6) is -0.450. The largest absolute Gasteiger partial charge is 0.326 e. The van der Waals surface area contributed by atoms with Crippen LogP contribution in [-0.2, 0) is 4.79 Å². The van der Waals surface area contributed by atoms with Crippen molar-refractivity contribution in [3.8, 4) is 6.07 Å². The fourth-order valence-electron chi connectivity index (χ4n) is 1.30. The summed E-state index contributed by atoms with van der Waals surface area (Å²) in [4.78, 5) is 22.0. The van der Waals surface area contributed by atoms with Crippen molar-refractivity contribution >= 4 is 18.0 Å². The number of nitrogens with one attached hydrogen (secondary N) is 2. The van der Waals surface area contributed by atoms with Gasteiger partial charge in [-0.15, -0.1) is 0 Å². The van der Waals surface area contributed by atoms with Gasteiger partial charge in [-0.1, -0.05) is 12.1 Å². The quantitative estimate of drug-likeness (QED) is 0.533.